The van der Waals surface area contributed by atoms with E-state index in [4.69, 9.17) is 0 Å². The zero-order chi connectivity index (χ0) is 12.6. The van der Waals surface area contributed by atoms with Crippen molar-refractivity contribution in [1.29, 1.82) is 0 Å². The van der Waals surface area contributed by atoms with Gasteiger partial charge in [0.25, 0.3) is 0 Å². The van der Waals surface area contributed by atoms with Crippen molar-refractivity contribution >= 4 is 0 Å². The number of nitrogens with zero attached hydrogens (tertiary/aromatic N) is 1. The van der Waals surface area contributed by atoms with Gasteiger partial charge in [-0.15, -0.1) is 0 Å². The number of hydrogen-bond acceptors (Lipinski definition) is 2. The minimum Gasteiger partial charge on any atom is -0.315 e. The maximum Gasteiger partial charge on any atom is 0.0271 e. The predicted molar refractivity (Wildman–Crippen MR) is 74.2 cm³/mol. The second-order valence-corrected chi connectivity index (χ2v) is 7.08. The quantitative estimate of drug-likeness (QED) is 0.796. The fourth-order valence-corrected chi connectivity index (χ4v) is 4.22. The van der Waals surface area contributed by atoms with Gasteiger partial charge in [0.2, 0.25) is 0 Å². The van der Waals surface area contributed by atoms with Crippen LogP contribution in [-0.4, -0.2) is 36.6 Å². The first kappa shape index (κ1) is 13.4. The molecule has 0 radical (unpaired) electrons. The van der Waals surface area contributed by atoms with Gasteiger partial charge >= 0.3 is 0 Å². The van der Waals surface area contributed by atoms with Crippen LogP contribution in [0.25, 0.3) is 0 Å². The van der Waals surface area contributed by atoms with E-state index in [2.05, 4.69) is 45.0 Å². The molecule has 17 heavy (non-hydrogen) atoms. The average Bonchev–Trinajstić information content (AvgIpc) is 2.53. The minimum absolute atomic E-state index is 0.461. The van der Waals surface area contributed by atoms with Gasteiger partial charge in [0, 0.05) is 18.1 Å². The largest absolute Gasteiger partial charge is 0.315 e. The molecule has 2 aliphatic rings. The molecule has 0 bridgehead atoms. The van der Waals surface area contributed by atoms with Gasteiger partial charge in [-0.3, -0.25) is 4.90 Å². The molecule has 2 heteroatoms. The van der Waals surface area contributed by atoms with Gasteiger partial charge in [-0.2, -0.15) is 0 Å². The van der Waals surface area contributed by atoms with Crippen molar-refractivity contribution in [3.63, 3.8) is 0 Å². The number of hydrogen-bond donors (Lipinski definition) is 1. The van der Waals surface area contributed by atoms with Crippen LogP contribution in [0.5, 0.6) is 0 Å². The molecule has 2 rings (SSSR count). The Labute approximate surface area is 107 Å². The number of piperidine rings is 1. The van der Waals surface area contributed by atoms with E-state index in [-0.39, 0.29) is 0 Å². The highest BCUT2D eigenvalue weighted by atomic mass is 15.2. The van der Waals surface area contributed by atoms with Crippen LogP contribution in [-0.2, 0) is 0 Å². The van der Waals surface area contributed by atoms with Crippen molar-refractivity contribution < 1.29 is 0 Å². The molecule has 1 heterocycles. The summed E-state index contributed by atoms with van der Waals surface area (Å²) in [5, 5.41) is 3.59. The molecular weight excluding hydrogens is 208 g/mol. The van der Waals surface area contributed by atoms with E-state index in [1.165, 1.54) is 32.2 Å². The highest BCUT2D eigenvalue weighted by Crippen LogP contribution is 2.41. The Morgan fingerprint density at radius 3 is 2.47 bits per heavy atom. The van der Waals surface area contributed by atoms with Crippen LogP contribution in [0.15, 0.2) is 0 Å². The van der Waals surface area contributed by atoms with Crippen molar-refractivity contribution in [2.24, 2.45) is 11.3 Å². The van der Waals surface area contributed by atoms with E-state index in [1.54, 1.807) is 0 Å². The Morgan fingerprint density at radius 1 is 1.18 bits per heavy atom. The maximum atomic E-state index is 3.59. The van der Waals surface area contributed by atoms with Gasteiger partial charge in [-0.05, 0) is 57.5 Å². The third-order valence-corrected chi connectivity index (χ3v) is 5.24. The second kappa shape index (κ2) is 4.89. The van der Waals surface area contributed by atoms with Crippen LogP contribution in [0.4, 0.5) is 0 Å². The predicted octanol–water partition coefficient (Wildman–Crippen LogP) is 2.88. The Bertz CT molecular complexity index is 262. The number of rotatable bonds is 2. The summed E-state index contributed by atoms with van der Waals surface area (Å²) in [5.41, 5.74) is 0.461. The van der Waals surface area contributed by atoms with Crippen molar-refractivity contribution in [2.45, 2.75) is 71.5 Å². The lowest BCUT2D eigenvalue weighted by Crippen LogP contribution is -2.55. The molecule has 0 spiro atoms. The molecule has 2 nitrogen and oxygen atoms in total. The zero-order valence-electron chi connectivity index (χ0n) is 12.3. The highest BCUT2D eigenvalue weighted by molar-refractivity contribution is 5.02. The van der Waals surface area contributed by atoms with Crippen LogP contribution >= 0.6 is 0 Å². The molecule has 0 aromatic rings. The fraction of sp³-hybridized carbons (Fsp3) is 1.00. The summed E-state index contributed by atoms with van der Waals surface area (Å²) >= 11 is 0. The summed E-state index contributed by atoms with van der Waals surface area (Å²) in [6, 6.07) is 2.20. The van der Waals surface area contributed by atoms with Gasteiger partial charge in [-0.1, -0.05) is 20.8 Å². The summed E-state index contributed by atoms with van der Waals surface area (Å²) in [5.74, 6) is 0.920. The molecule has 0 aromatic carbocycles. The lowest BCUT2D eigenvalue weighted by atomic mass is 9.85. The third kappa shape index (κ3) is 2.53. The molecule has 2 fully saturated rings. The summed E-state index contributed by atoms with van der Waals surface area (Å²) in [6.07, 6.45) is 5.50. The summed E-state index contributed by atoms with van der Waals surface area (Å²) < 4.78 is 0. The summed E-state index contributed by atoms with van der Waals surface area (Å²) in [4.78, 5) is 2.79. The Kier molecular flexibility index (Phi) is 3.84. The van der Waals surface area contributed by atoms with E-state index in [9.17, 15) is 0 Å². The molecule has 4 unspecified atom stereocenters. The van der Waals surface area contributed by atoms with Crippen LogP contribution in [0, 0.1) is 11.3 Å². The number of likely N-dealkylation sites (tertiary alicyclic amines) is 1. The molecule has 0 aromatic heterocycles. The molecule has 1 saturated heterocycles. The van der Waals surface area contributed by atoms with Gasteiger partial charge in [-0.25, -0.2) is 0 Å². The summed E-state index contributed by atoms with van der Waals surface area (Å²) in [6.45, 7) is 11.0. The normalized spacial score (nSPS) is 42.9. The first-order valence-electron chi connectivity index (χ1n) is 7.38. The lowest BCUT2D eigenvalue weighted by molar-refractivity contribution is 0.0621. The van der Waals surface area contributed by atoms with E-state index in [1.807, 2.05) is 0 Å². The van der Waals surface area contributed by atoms with Crippen molar-refractivity contribution in [3.05, 3.63) is 0 Å². The van der Waals surface area contributed by atoms with Gasteiger partial charge < -0.3 is 5.32 Å². The van der Waals surface area contributed by atoms with Gasteiger partial charge in [0.05, 0.1) is 0 Å². The second-order valence-electron chi connectivity index (χ2n) is 7.08. The zero-order valence-corrected chi connectivity index (χ0v) is 12.3. The fourth-order valence-electron chi connectivity index (χ4n) is 4.22. The van der Waals surface area contributed by atoms with E-state index < -0.39 is 0 Å². The van der Waals surface area contributed by atoms with E-state index in [0.29, 0.717) is 11.5 Å². The molecule has 1 aliphatic heterocycles. The van der Waals surface area contributed by atoms with Crippen LogP contribution in [0.2, 0.25) is 0 Å². The molecule has 1 aliphatic carbocycles. The van der Waals surface area contributed by atoms with Crippen molar-refractivity contribution in [1.82, 2.24) is 10.2 Å². The van der Waals surface area contributed by atoms with Crippen LogP contribution in [0.1, 0.15) is 53.4 Å². The number of nitrogens with one attached hydrogen (secondary N) is 1. The summed E-state index contributed by atoms with van der Waals surface area (Å²) in [7, 11) is 2.14. The smallest absolute Gasteiger partial charge is 0.0271 e. The maximum absolute atomic E-state index is 3.59. The molecular formula is C15H30N2. The first-order chi connectivity index (χ1) is 7.95. The van der Waals surface area contributed by atoms with Crippen molar-refractivity contribution in [2.75, 3.05) is 13.6 Å². The molecule has 4 atom stereocenters. The van der Waals surface area contributed by atoms with E-state index >= 15 is 0 Å². The monoisotopic (exact) mass is 238 g/mol. The SMILES string of the molecule is CNC1C(N2CCC(C)CC2C)CCC1(C)C. The number of likely N-dealkylation sites (N-methyl/N-ethyl adjacent to an activating group) is 1. The standard InChI is InChI=1S/C15H30N2/c1-11-7-9-17(12(2)10-11)13-6-8-15(3,4)14(13)16-5/h11-14,16H,6-10H2,1-5H3. The average molecular weight is 238 g/mol. The van der Waals surface area contributed by atoms with Crippen molar-refractivity contribution in [3.8, 4) is 0 Å². The topological polar surface area (TPSA) is 15.3 Å². The highest BCUT2D eigenvalue weighted by Gasteiger charge is 2.45. The van der Waals surface area contributed by atoms with Gasteiger partial charge in [0.1, 0.15) is 0 Å². The first-order valence-corrected chi connectivity index (χ1v) is 7.38. The Balaban J connectivity index is 2.07. The molecule has 1 saturated carbocycles. The minimum atomic E-state index is 0.461. The third-order valence-electron chi connectivity index (χ3n) is 5.24. The molecule has 1 N–H and O–H groups in total. The van der Waals surface area contributed by atoms with Gasteiger partial charge in [0.15, 0.2) is 0 Å². The lowest BCUT2D eigenvalue weighted by Gasteiger charge is -2.44. The van der Waals surface area contributed by atoms with Crippen LogP contribution in [0.3, 0.4) is 0 Å². The molecule has 0 amide bonds. The Morgan fingerprint density at radius 2 is 1.88 bits per heavy atom. The Hall–Kier alpha value is -0.0800. The van der Waals surface area contributed by atoms with E-state index in [0.717, 1.165) is 18.0 Å². The van der Waals surface area contributed by atoms with Crippen LogP contribution < -0.4 is 5.32 Å². The molecule has 100 valence electrons.